The Bertz CT molecular complexity index is 392. The number of hydrogen-bond acceptors (Lipinski definition) is 3. The van der Waals surface area contributed by atoms with Crippen LogP contribution in [0.5, 0.6) is 0 Å². The van der Waals surface area contributed by atoms with Crippen molar-refractivity contribution in [2.45, 2.75) is 52.6 Å². The number of rotatable bonds is 5. The van der Waals surface area contributed by atoms with E-state index in [0.29, 0.717) is 6.54 Å². The lowest BCUT2D eigenvalue weighted by Crippen LogP contribution is -2.37. The van der Waals surface area contributed by atoms with E-state index in [9.17, 15) is 4.79 Å². The molecule has 1 atom stereocenters. The molecule has 0 saturated carbocycles. The van der Waals surface area contributed by atoms with Crippen molar-refractivity contribution in [1.29, 1.82) is 0 Å². The maximum atomic E-state index is 11.7. The molecule has 0 unspecified atom stereocenters. The van der Waals surface area contributed by atoms with Gasteiger partial charge in [0, 0.05) is 12.7 Å². The maximum absolute atomic E-state index is 11.7. The zero-order valence-corrected chi connectivity index (χ0v) is 11.9. The van der Waals surface area contributed by atoms with E-state index >= 15 is 0 Å². The molecule has 1 heterocycles. The topological polar surface area (TPSA) is 59.0 Å². The van der Waals surface area contributed by atoms with Crippen LogP contribution in [0, 0.1) is 0 Å². The molecule has 0 fully saturated rings. The normalized spacial score (nSPS) is 13.2. The lowest BCUT2D eigenvalue weighted by atomic mass is 10.1. The molecule has 0 radical (unpaired) electrons. The minimum absolute atomic E-state index is 0.0142. The van der Waals surface area contributed by atoms with Crippen molar-refractivity contribution in [2.24, 2.45) is 0 Å². The van der Waals surface area contributed by atoms with E-state index in [4.69, 9.17) is 0 Å². The Kier molecular flexibility index (Phi) is 4.76. The van der Waals surface area contributed by atoms with E-state index in [-0.39, 0.29) is 17.5 Å². The second-order valence-corrected chi connectivity index (χ2v) is 5.50. The smallest absolute Gasteiger partial charge is 0.242 e. The Morgan fingerprint density at radius 3 is 2.67 bits per heavy atom. The zero-order chi connectivity index (χ0) is 13.8. The molecule has 0 aliphatic carbocycles. The Balaban J connectivity index is 2.57. The molecule has 102 valence electrons. The first-order valence-electron chi connectivity index (χ1n) is 6.44. The number of amides is 1. The van der Waals surface area contributed by atoms with Gasteiger partial charge in [-0.05, 0) is 34.1 Å². The first kappa shape index (κ1) is 14.5. The summed E-state index contributed by atoms with van der Waals surface area (Å²) in [6, 6.07) is -0.255. The largest absolute Gasteiger partial charge is 0.371 e. The van der Waals surface area contributed by atoms with E-state index in [1.54, 1.807) is 6.20 Å². The molecule has 0 aliphatic heterocycles. The molecule has 0 spiro atoms. The van der Waals surface area contributed by atoms with Crippen LogP contribution in [0.4, 0.5) is 5.69 Å². The lowest BCUT2D eigenvalue weighted by molar-refractivity contribution is -0.121. The fraction of sp³-hybridized carbons (Fsp3) is 0.692. The van der Waals surface area contributed by atoms with Crippen molar-refractivity contribution < 1.29 is 4.79 Å². The second kappa shape index (κ2) is 5.89. The van der Waals surface area contributed by atoms with Gasteiger partial charge in [0.25, 0.3) is 0 Å². The number of aromatic nitrogens is 2. The quantitative estimate of drug-likeness (QED) is 0.842. The third-order valence-electron chi connectivity index (χ3n) is 2.60. The van der Waals surface area contributed by atoms with Gasteiger partial charge in [-0.2, -0.15) is 5.10 Å². The predicted octanol–water partition coefficient (Wildman–Crippen LogP) is 1.96. The number of nitrogens with one attached hydrogen (secondary N) is 2. The number of anilines is 1. The Labute approximate surface area is 109 Å². The molecular formula is C13H24N4O. The summed E-state index contributed by atoms with van der Waals surface area (Å²) >= 11 is 0. The SMILES string of the molecule is CCCNC(=O)[C@@H](C)Nc1cnn(C(C)(C)C)c1. The third-order valence-corrected chi connectivity index (χ3v) is 2.60. The lowest BCUT2D eigenvalue weighted by Gasteiger charge is -2.19. The molecule has 0 saturated heterocycles. The Hall–Kier alpha value is -1.52. The fourth-order valence-corrected chi connectivity index (χ4v) is 1.48. The standard InChI is InChI=1S/C13H24N4O/c1-6-7-14-12(18)10(2)16-11-8-15-17(9-11)13(3,4)5/h8-10,16H,6-7H2,1-5H3,(H,14,18)/t10-/m1/s1. The van der Waals surface area contributed by atoms with Gasteiger partial charge in [-0.1, -0.05) is 6.92 Å². The van der Waals surface area contributed by atoms with Gasteiger partial charge in [0.2, 0.25) is 5.91 Å². The van der Waals surface area contributed by atoms with Crippen LogP contribution < -0.4 is 10.6 Å². The molecule has 2 N–H and O–H groups in total. The van der Waals surface area contributed by atoms with Crippen molar-refractivity contribution in [3.63, 3.8) is 0 Å². The molecule has 5 heteroatoms. The van der Waals surface area contributed by atoms with Gasteiger partial charge in [-0.25, -0.2) is 0 Å². The van der Waals surface area contributed by atoms with Crippen LogP contribution >= 0.6 is 0 Å². The van der Waals surface area contributed by atoms with Crippen LogP contribution in [0.15, 0.2) is 12.4 Å². The third kappa shape index (κ3) is 4.05. The predicted molar refractivity (Wildman–Crippen MR) is 73.6 cm³/mol. The van der Waals surface area contributed by atoms with Gasteiger partial charge in [-0.15, -0.1) is 0 Å². The average molecular weight is 252 g/mol. The summed E-state index contributed by atoms with van der Waals surface area (Å²) in [6.07, 6.45) is 4.61. The van der Waals surface area contributed by atoms with E-state index in [1.165, 1.54) is 0 Å². The first-order chi connectivity index (χ1) is 8.34. The van der Waals surface area contributed by atoms with Gasteiger partial charge in [-0.3, -0.25) is 9.48 Å². The summed E-state index contributed by atoms with van der Waals surface area (Å²) in [6.45, 7) is 10.8. The summed E-state index contributed by atoms with van der Waals surface area (Å²) in [4.78, 5) is 11.7. The van der Waals surface area contributed by atoms with Gasteiger partial charge < -0.3 is 10.6 Å². The highest BCUT2D eigenvalue weighted by atomic mass is 16.2. The van der Waals surface area contributed by atoms with Gasteiger partial charge in [0.1, 0.15) is 6.04 Å². The molecule has 1 aromatic heterocycles. The molecule has 0 aromatic carbocycles. The molecule has 1 aromatic rings. The molecule has 18 heavy (non-hydrogen) atoms. The minimum Gasteiger partial charge on any atom is -0.371 e. The van der Waals surface area contributed by atoms with Gasteiger partial charge >= 0.3 is 0 Å². The van der Waals surface area contributed by atoms with E-state index < -0.39 is 0 Å². The summed E-state index contributed by atoms with van der Waals surface area (Å²) in [7, 11) is 0. The molecule has 5 nitrogen and oxygen atoms in total. The molecular weight excluding hydrogens is 228 g/mol. The van der Waals surface area contributed by atoms with Crippen LogP contribution in [0.2, 0.25) is 0 Å². The summed E-state index contributed by atoms with van der Waals surface area (Å²) in [5.41, 5.74) is 0.817. The minimum atomic E-state index is -0.255. The molecule has 0 bridgehead atoms. The number of hydrogen-bond donors (Lipinski definition) is 2. The van der Waals surface area contributed by atoms with Crippen molar-refractivity contribution in [1.82, 2.24) is 15.1 Å². The monoisotopic (exact) mass is 252 g/mol. The average Bonchev–Trinajstić information content (AvgIpc) is 2.73. The highest BCUT2D eigenvalue weighted by Crippen LogP contribution is 2.16. The Morgan fingerprint density at radius 1 is 1.50 bits per heavy atom. The summed E-state index contributed by atoms with van der Waals surface area (Å²) < 4.78 is 1.88. The highest BCUT2D eigenvalue weighted by Gasteiger charge is 2.16. The van der Waals surface area contributed by atoms with Crippen LogP contribution in [0.3, 0.4) is 0 Å². The number of carbonyl (C=O) groups is 1. The summed E-state index contributed by atoms with van der Waals surface area (Å²) in [5, 5.41) is 10.3. The van der Waals surface area contributed by atoms with E-state index in [1.807, 2.05) is 24.7 Å². The van der Waals surface area contributed by atoms with Crippen LogP contribution in [-0.2, 0) is 10.3 Å². The van der Waals surface area contributed by atoms with Crippen molar-refractivity contribution >= 4 is 11.6 Å². The van der Waals surface area contributed by atoms with E-state index in [0.717, 1.165) is 12.1 Å². The van der Waals surface area contributed by atoms with Crippen molar-refractivity contribution in [3.8, 4) is 0 Å². The zero-order valence-electron chi connectivity index (χ0n) is 11.9. The fourth-order valence-electron chi connectivity index (χ4n) is 1.48. The second-order valence-electron chi connectivity index (χ2n) is 5.50. The van der Waals surface area contributed by atoms with Gasteiger partial charge in [0.15, 0.2) is 0 Å². The highest BCUT2D eigenvalue weighted by molar-refractivity contribution is 5.83. The molecule has 0 aliphatic rings. The summed E-state index contributed by atoms with van der Waals surface area (Å²) in [5.74, 6) is 0.0142. The van der Waals surface area contributed by atoms with Gasteiger partial charge in [0.05, 0.1) is 17.4 Å². The molecule has 1 rings (SSSR count). The number of carbonyl (C=O) groups excluding carboxylic acids is 1. The first-order valence-corrected chi connectivity index (χ1v) is 6.44. The number of nitrogens with zero attached hydrogens (tertiary/aromatic N) is 2. The van der Waals surface area contributed by atoms with Crippen LogP contribution in [0.1, 0.15) is 41.0 Å². The van der Waals surface area contributed by atoms with Crippen molar-refractivity contribution in [2.75, 3.05) is 11.9 Å². The van der Waals surface area contributed by atoms with E-state index in [2.05, 4.69) is 36.5 Å². The van der Waals surface area contributed by atoms with Crippen molar-refractivity contribution in [3.05, 3.63) is 12.4 Å². The Morgan fingerprint density at radius 2 is 2.17 bits per heavy atom. The molecule has 1 amide bonds. The maximum Gasteiger partial charge on any atom is 0.242 e. The van der Waals surface area contributed by atoms with Crippen LogP contribution in [-0.4, -0.2) is 28.3 Å². The van der Waals surface area contributed by atoms with Crippen LogP contribution in [0.25, 0.3) is 0 Å².